The lowest BCUT2D eigenvalue weighted by molar-refractivity contribution is 0.102. The highest BCUT2D eigenvalue weighted by molar-refractivity contribution is 7.89. The Balaban J connectivity index is 1.69. The Hall–Kier alpha value is -1.97. The zero-order valence-electron chi connectivity index (χ0n) is 17.3. The van der Waals surface area contributed by atoms with E-state index in [1.165, 1.54) is 22.1 Å². The van der Waals surface area contributed by atoms with Gasteiger partial charge in [-0.15, -0.1) is 11.3 Å². The number of amides is 1. The number of sulfonamides is 1. The van der Waals surface area contributed by atoms with Crippen molar-refractivity contribution in [2.75, 3.05) is 36.4 Å². The molecular formula is C21H28N4O3S2. The van der Waals surface area contributed by atoms with E-state index in [0.29, 0.717) is 23.8 Å². The zero-order chi connectivity index (χ0) is 21.1. The van der Waals surface area contributed by atoms with E-state index < -0.39 is 10.0 Å². The third-order valence-electron chi connectivity index (χ3n) is 5.70. The molecule has 0 spiro atoms. The Bertz CT molecular complexity index is 1010. The first-order chi connectivity index (χ1) is 14.4. The summed E-state index contributed by atoms with van der Waals surface area (Å²) < 4.78 is 27.9. The molecule has 1 N–H and O–H groups in total. The predicted molar refractivity (Wildman–Crippen MR) is 120 cm³/mol. The number of anilines is 2. The third-order valence-corrected chi connectivity index (χ3v) is 8.43. The van der Waals surface area contributed by atoms with E-state index in [1.54, 1.807) is 24.4 Å². The monoisotopic (exact) mass is 448 g/mol. The molecule has 30 heavy (non-hydrogen) atoms. The Kier molecular flexibility index (Phi) is 6.40. The van der Waals surface area contributed by atoms with Gasteiger partial charge in [0.15, 0.2) is 5.13 Å². The minimum absolute atomic E-state index is 0.186. The molecule has 0 radical (unpaired) electrons. The van der Waals surface area contributed by atoms with Crippen LogP contribution in [0.25, 0.3) is 0 Å². The molecule has 4 rings (SSSR count). The fourth-order valence-corrected chi connectivity index (χ4v) is 6.30. The number of aryl methyl sites for hydroxylation is 1. The predicted octanol–water partition coefficient (Wildman–Crippen LogP) is 3.87. The molecule has 2 saturated heterocycles. The normalized spacial score (nSPS) is 18.4. The van der Waals surface area contributed by atoms with Crippen LogP contribution in [0.15, 0.2) is 29.3 Å². The number of rotatable bonds is 5. The highest BCUT2D eigenvalue weighted by Crippen LogP contribution is 2.30. The van der Waals surface area contributed by atoms with Gasteiger partial charge in [-0.05, 0) is 57.2 Å². The second-order valence-corrected chi connectivity index (χ2v) is 11.1. The van der Waals surface area contributed by atoms with E-state index in [2.05, 4.69) is 15.2 Å². The number of carbonyl (C=O) groups is 1. The van der Waals surface area contributed by atoms with Crippen molar-refractivity contribution in [3.05, 3.63) is 34.8 Å². The van der Waals surface area contributed by atoms with Gasteiger partial charge in [0.25, 0.3) is 5.91 Å². The Labute approximate surface area is 182 Å². The van der Waals surface area contributed by atoms with Crippen molar-refractivity contribution in [1.29, 1.82) is 0 Å². The number of benzene rings is 1. The summed E-state index contributed by atoms with van der Waals surface area (Å²) in [6, 6.07) is 4.99. The van der Waals surface area contributed by atoms with Crippen LogP contribution in [-0.4, -0.2) is 49.8 Å². The highest BCUT2D eigenvalue weighted by Gasteiger charge is 2.28. The lowest BCUT2D eigenvalue weighted by Gasteiger charge is -2.31. The highest BCUT2D eigenvalue weighted by atomic mass is 32.2. The molecule has 0 atom stereocenters. The number of nitrogens with one attached hydrogen (secondary N) is 1. The van der Waals surface area contributed by atoms with Crippen molar-refractivity contribution in [2.24, 2.45) is 0 Å². The number of thiazole rings is 1. The minimum atomic E-state index is -3.61. The molecule has 0 unspecified atom stereocenters. The first-order valence-electron chi connectivity index (χ1n) is 10.6. The van der Waals surface area contributed by atoms with Crippen molar-refractivity contribution < 1.29 is 13.2 Å². The Morgan fingerprint density at radius 1 is 1.03 bits per heavy atom. The fourth-order valence-electron chi connectivity index (χ4n) is 4.10. The largest absolute Gasteiger partial charge is 0.371 e. The van der Waals surface area contributed by atoms with E-state index in [1.807, 2.05) is 6.92 Å². The molecule has 2 aromatic rings. The van der Waals surface area contributed by atoms with E-state index in [4.69, 9.17) is 0 Å². The summed E-state index contributed by atoms with van der Waals surface area (Å²) in [6.07, 6.45) is 7.84. The van der Waals surface area contributed by atoms with Gasteiger partial charge in [0, 0.05) is 42.9 Å². The fraction of sp³-hybridized carbons (Fsp3) is 0.524. The summed E-state index contributed by atoms with van der Waals surface area (Å²) in [6.45, 7) is 4.74. The SMILES string of the molecule is Cc1cnc(NC(=O)c2cc(S(=O)(=O)N3CCCCC3)ccc2N2CCCCC2)s1. The zero-order valence-corrected chi connectivity index (χ0v) is 18.9. The van der Waals surface area contributed by atoms with Crippen LogP contribution in [0.1, 0.15) is 53.8 Å². The van der Waals surface area contributed by atoms with Gasteiger partial charge in [-0.1, -0.05) is 6.42 Å². The maximum absolute atomic E-state index is 13.2. The second kappa shape index (κ2) is 9.03. The van der Waals surface area contributed by atoms with Crippen LogP contribution >= 0.6 is 11.3 Å². The van der Waals surface area contributed by atoms with E-state index in [9.17, 15) is 13.2 Å². The summed E-state index contributed by atoms with van der Waals surface area (Å²) in [7, 11) is -3.61. The van der Waals surface area contributed by atoms with Crippen LogP contribution in [-0.2, 0) is 10.0 Å². The first-order valence-corrected chi connectivity index (χ1v) is 12.8. The number of hydrogen-bond acceptors (Lipinski definition) is 6. The molecule has 1 aromatic heterocycles. The van der Waals surface area contributed by atoms with Gasteiger partial charge in [-0.3, -0.25) is 10.1 Å². The number of piperidine rings is 2. The van der Waals surface area contributed by atoms with Gasteiger partial charge in [0.1, 0.15) is 0 Å². The number of carbonyl (C=O) groups excluding carboxylic acids is 1. The van der Waals surface area contributed by atoms with Crippen LogP contribution in [0.3, 0.4) is 0 Å². The standard InChI is InChI=1S/C21H28N4O3S2/c1-16-15-22-21(29-16)23-20(26)18-14-17(30(27,28)25-12-6-3-7-13-25)8-9-19(18)24-10-4-2-5-11-24/h8-9,14-15H,2-7,10-13H2,1H3,(H,22,23,26). The van der Waals surface area contributed by atoms with E-state index in [-0.39, 0.29) is 10.8 Å². The molecule has 2 aliphatic heterocycles. The minimum Gasteiger partial charge on any atom is -0.371 e. The van der Waals surface area contributed by atoms with Crippen LogP contribution in [0.4, 0.5) is 10.8 Å². The van der Waals surface area contributed by atoms with Gasteiger partial charge in [0.2, 0.25) is 10.0 Å². The maximum atomic E-state index is 13.2. The lowest BCUT2D eigenvalue weighted by atomic mass is 10.1. The molecule has 2 fully saturated rings. The molecule has 2 aliphatic rings. The average Bonchev–Trinajstić information content (AvgIpc) is 3.19. The molecule has 3 heterocycles. The summed E-state index contributed by atoms with van der Waals surface area (Å²) in [5, 5.41) is 3.37. The van der Waals surface area contributed by atoms with E-state index in [0.717, 1.165) is 55.8 Å². The van der Waals surface area contributed by atoms with Crippen molar-refractivity contribution in [3.63, 3.8) is 0 Å². The quantitative estimate of drug-likeness (QED) is 0.751. The molecule has 7 nitrogen and oxygen atoms in total. The maximum Gasteiger partial charge on any atom is 0.259 e. The Morgan fingerprint density at radius 2 is 1.70 bits per heavy atom. The third kappa shape index (κ3) is 4.53. The summed E-state index contributed by atoms with van der Waals surface area (Å²) >= 11 is 1.40. The smallest absolute Gasteiger partial charge is 0.259 e. The van der Waals surface area contributed by atoms with Crippen molar-refractivity contribution in [1.82, 2.24) is 9.29 Å². The summed E-state index contributed by atoms with van der Waals surface area (Å²) in [5.41, 5.74) is 1.18. The average molecular weight is 449 g/mol. The molecule has 0 aliphatic carbocycles. The molecule has 9 heteroatoms. The molecule has 0 bridgehead atoms. The molecular weight excluding hydrogens is 420 g/mol. The topological polar surface area (TPSA) is 82.6 Å². The van der Waals surface area contributed by atoms with Gasteiger partial charge < -0.3 is 4.90 Å². The van der Waals surface area contributed by atoms with Crippen LogP contribution in [0.2, 0.25) is 0 Å². The van der Waals surface area contributed by atoms with Crippen LogP contribution in [0, 0.1) is 6.92 Å². The van der Waals surface area contributed by atoms with Crippen LogP contribution < -0.4 is 10.2 Å². The number of nitrogens with zero attached hydrogens (tertiary/aromatic N) is 3. The first kappa shape index (κ1) is 21.3. The van der Waals surface area contributed by atoms with Crippen LogP contribution in [0.5, 0.6) is 0 Å². The van der Waals surface area contributed by atoms with Crippen molar-refractivity contribution in [2.45, 2.75) is 50.3 Å². The Morgan fingerprint density at radius 3 is 2.33 bits per heavy atom. The summed E-state index contributed by atoms with van der Waals surface area (Å²) in [4.78, 5) is 20.7. The van der Waals surface area contributed by atoms with Crippen molar-refractivity contribution >= 4 is 38.1 Å². The second-order valence-electron chi connectivity index (χ2n) is 7.92. The van der Waals surface area contributed by atoms with Gasteiger partial charge in [0.05, 0.1) is 10.5 Å². The number of aromatic nitrogens is 1. The van der Waals surface area contributed by atoms with Crippen molar-refractivity contribution in [3.8, 4) is 0 Å². The molecule has 1 amide bonds. The molecule has 162 valence electrons. The number of hydrogen-bond donors (Lipinski definition) is 1. The van der Waals surface area contributed by atoms with Gasteiger partial charge in [-0.2, -0.15) is 4.31 Å². The van der Waals surface area contributed by atoms with E-state index >= 15 is 0 Å². The lowest BCUT2D eigenvalue weighted by Crippen LogP contribution is -2.36. The molecule has 1 aromatic carbocycles. The van der Waals surface area contributed by atoms with Gasteiger partial charge in [-0.25, -0.2) is 13.4 Å². The molecule has 0 saturated carbocycles. The summed E-state index contributed by atoms with van der Waals surface area (Å²) in [5.74, 6) is -0.319. The van der Waals surface area contributed by atoms with Gasteiger partial charge >= 0.3 is 0 Å².